The van der Waals surface area contributed by atoms with E-state index in [0.29, 0.717) is 29.5 Å². The van der Waals surface area contributed by atoms with Gasteiger partial charge in [0.25, 0.3) is 5.91 Å². The first kappa shape index (κ1) is 19.1. The Kier molecular flexibility index (Phi) is 5.35. The van der Waals surface area contributed by atoms with Crippen LogP contribution in [-0.4, -0.2) is 16.1 Å². The second-order valence-corrected chi connectivity index (χ2v) is 6.85. The molecule has 0 saturated heterocycles. The molecule has 4 rings (SSSR count). The number of aromatic nitrogens is 2. The molecule has 1 aromatic heterocycles. The molecule has 0 spiro atoms. The van der Waals surface area contributed by atoms with E-state index in [2.05, 4.69) is 21.6 Å². The Bertz CT molecular complexity index is 1220. The van der Waals surface area contributed by atoms with Crippen LogP contribution in [-0.2, 0) is 6.54 Å². The Morgan fingerprint density at radius 1 is 0.967 bits per heavy atom. The molecule has 30 heavy (non-hydrogen) atoms. The van der Waals surface area contributed by atoms with Gasteiger partial charge in [-0.15, -0.1) is 10.2 Å². The number of hydrogen-bond acceptors (Lipinski definition) is 5. The van der Waals surface area contributed by atoms with Crippen LogP contribution >= 0.6 is 0 Å². The van der Waals surface area contributed by atoms with Gasteiger partial charge in [-0.1, -0.05) is 29.8 Å². The Morgan fingerprint density at radius 2 is 1.67 bits per heavy atom. The van der Waals surface area contributed by atoms with Gasteiger partial charge in [-0.3, -0.25) is 4.79 Å². The van der Waals surface area contributed by atoms with Gasteiger partial charge >= 0.3 is 0 Å². The van der Waals surface area contributed by atoms with Crippen LogP contribution < -0.4 is 5.32 Å². The number of nitriles is 1. The third-order valence-electron chi connectivity index (χ3n) is 4.62. The summed E-state index contributed by atoms with van der Waals surface area (Å²) in [5.41, 5.74) is 4.77. The number of carbonyl (C=O) groups is 1. The van der Waals surface area contributed by atoms with Gasteiger partial charge in [-0.05, 0) is 61.0 Å². The molecule has 0 fully saturated rings. The van der Waals surface area contributed by atoms with Gasteiger partial charge in [0.2, 0.25) is 11.8 Å². The normalized spacial score (nSPS) is 10.4. The van der Waals surface area contributed by atoms with Gasteiger partial charge in [0, 0.05) is 23.2 Å². The summed E-state index contributed by atoms with van der Waals surface area (Å²) in [6.45, 7) is 2.39. The van der Waals surface area contributed by atoms with Crippen molar-refractivity contribution in [3.63, 3.8) is 0 Å². The van der Waals surface area contributed by atoms with Crippen molar-refractivity contribution >= 4 is 5.91 Å². The summed E-state index contributed by atoms with van der Waals surface area (Å²) in [4.78, 5) is 12.4. The molecule has 6 heteroatoms. The Labute approximate surface area is 173 Å². The fourth-order valence-corrected chi connectivity index (χ4v) is 2.98. The number of nitrogens with zero attached hydrogens (tertiary/aromatic N) is 3. The van der Waals surface area contributed by atoms with E-state index in [4.69, 9.17) is 9.68 Å². The van der Waals surface area contributed by atoms with E-state index in [1.807, 2.05) is 43.3 Å². The van der Waals surface area contributed by atoms with Gasteiger partial charge in [0.05, 0.1) is 11.6 Å². The second-order valence-electron chi connectivity index (χ2n) is 6.85. The lowest BCUT2D eigenvalue weighted by Crippen LogP contribution is -2.22. The molecule has 0 aliphatic rings. The molecule has 0 aliphatic carbocycles. The zero-order chi connectivity index (χ0) is 20.9. The smallest absolute Gasteiger partial charge is 0.251 e. The van der Waals surface area contributed by atoms with E-state index in [1.165, 1.54) is 0 Å². The van der Waals surface area contributed by atoms with Gasteiger partial charge in [-0.25, -0.2) is 0 Å². The maximum atomic E-state index is 12.4. The summed E-state index contributed by atoms with van der Waals surface area (Å²) in [6, 6.07) is 24.0. The van der Waals surface area contributed by atoms with Crippen LogP contribution in [0.5, 0.6) is 0 Å². The third kappa shape index (κ3) is 4.26. The first-order valence-corrected chi connectivity index (χ1v) is 9.40. The minimum atomic E-state index is -0.183. The molecule has 6 nitrogen and oxygen atoms in total. The number of rotatable bonds is 5. The van der Waals surface area contributed by atoms with Crippen LogP contribution in [0.4, 0.5) is 0 Å². The number of hydrogen-bond donors (Lipinski definition) is 1. The zero-order valence-electron chi connectivity index (χ0n) is 16.3. The largest absolute Gasteiger partial charge is 0.416 e. The van der Waals surface area contributed by atoms with Crippen LogP contribution in [0.15, 0.2) is 77.2 Å². The maximum absolute atomic E-state index is 12.4. The van der Waals surface area contributed by atoms with Gasteiger partial charge in [0.15, 0.2) is 0 Å². The van der Waals surface area contributed by atoms with E-state index in [9.17, 15) is 4.79 Å². The standard InChI is InChI=1S/C24H18N4O2/c1-16-3-2-4-21(13-16)24-28-27-23(30-24)20-11-9-19(10-12-20)22(29)26-15-18-7-5-17(14-25)6-8-18/h2-13H,15H2,1H3,(H,26,29). The van der Waals surface area contributed by atoms with Crippen molar-refractivity contribution < 1.29 is 9.21 Å². The third-order valence-corrected chi connectivity index (χ3v) is 4.62. The van der Waals surface area contributed by atoms with E-state index in [0.717, 1.165) is 22.3 Å². The van der Waals surface area contributed by atoms with Crippen molar-refractivity contribution in [3.05, 3.63) is 95.1 Å². The predicted octanol–water partition coefficient (Wildman–Crippen LogP) is 4.51. The summed E-state index contributed by atoms with van der Waals surface area (Å²) in [7, 11) is 0. The van der Waals surface area contributed by atoms with Crippen LogP contribution in [0.1, 0.15) is 27.0 Å². The van der Waals surface area contributed by atoms with Crippen LogP contribution in [0.25, 0.3) is 22.9 Å². The summed E-state index contributed by atoms with van der Waals surface area (Å²) in [5, 5.41) is 19.9. The van der Waals surface area contributed by atoms with Crippen molar-refractivity contribution in [2.75, 3.05) is 0 Å². The van der Waals surface area contributed by atoms with Crippen LogP contribution in [0.2, 0.25) is 0 Å². The summed E-state index contributed by atoms with van der Waals surface area (Å²) in [5.74, 6) is 0.672. The SMILES string of the molecule is Cc1cccc(-c2nnc(-c3ccc(C(=O)NCc4ccc(C#N)cc4)cc3)o2)c1. The fourth-order valence-electron chi connectivity index (χ4n) is 2.98. The van der Waals surface area contributed by atoms with E-state index >= 15 is 0 Å². The molecular weight excluding hydrogens is 376 g/mol. The zero-order valence-corrected chi connectivity index (χ0v) is 16.3. The minimum Gasteiger partial charge on any atom is -0.416 e. The number of aryl methyl sites for hydroxylation is 1. The van der Waals surface area contributed by atoms with Gasteiger partial charge < -0.3 is 9.73 Å². The van der Waals surface area contributed by atoms with E-state index < -0.39 is 0 Å². The molecule has 0 atom stereocenters. The molecule has 0 bridgehead atoms. The molecule has 4 aromatic rings. The summed E-state index contributed by atoms with van der Waals surface area (Å²) in [6.07, 6.45) is 0. The molecule has 0 aliphatic heterocycles. The lowest BCUT2D eigenvalue weighted by molar-refractivity contribution is 0.0951. The monoisotopic (exact) mass is 394 g/mol. The Balaban J connectivity index is 1.42. The van der Waals surface area contributed by atoms with Gasteiger partial charge in [0.1, 0.15) is 0 Å². The van der Waals surface area contributed by atoms with Crippen molar-refractivity contribution in [1.82, 2.24) is 15.5 Å². The molecular formula is C24H18N4O2. The Morgan fingerprint density at radius 3 is 2.33 bits per heavy atom. The predicted molar refractivity (Wildman–Crippen MR) is 112 cm³/mol. The summed E-state index contributed by atoms with van der Waals surface area (Å²) >= 11 is 0. The average molecular weight is 394 g/mol. The van der Waals surface area contributed by atoms with Crippen molar-refractivity contribution in [2.24, 2.45) is 0 Å². The van der Waals surface area contributed by atoms with Crippen LogP contribution in [0, 0.1) is 18.3 Å². The molecule has 1 N–H and O–H groups in total. The van der Waals surface area contributed by atoms with Crippen LogP contribution in [0.3, 0.4) is 0 Å². The highest BCUT2D eigenvalue weighted by molar-refractivity contribution is 5.94. The van der Waals surface area contributed by atoms with Crippen molar-refractivity contribution in [1.29, 1.82) is 5.26 Å². The average Bonchev–Trinajstić information content (AvgIpc) is 3.28. The van der Waals surface area contributed by atoms with Crippen molar-refractivity contribution in [3.8, 4) is 29.0 Å². The molecule has 3 aromatic carbocycles. The number of benzene rings is 3. The number of nitrogens with one attached hydrogen (secondary N) is 1. The fraction of sp³-hybridized carbons (Fsp3) is 0.0833. The first-order chi connectivity index (χ1) is 14.6. The Hall–Kier alpha value is -4.24. The lowest BCUT2D eigenvalue weighted by atomic mass is 10.1. The topological polar surface area (TPSA) is 91.8 Å². The minimum absolute atomic E-state index is 0.183. The molecule has 1 heterocycles. The number of amides is 1. The van der Waals surface area contributed by atoms with Gasteiger partial charge in [-0.2, -0.15) is 5.26 Å². The second kappa shape index (κ2) is 8.41. The lowest BCUT2D eigenvalue weighted by Gasteiger charge is -2.06. The molecule has 146 valence electrons. The highest BCUT2D eigenvalue weighted by Gasteiger charge is 2.12. The van der Waals surface area contributed by atoms with E-state index in [-0.39, 0.29) is 5.91 Å². The highest BCUT2D eigenvalue weighted by Crippen LogP contribution is 2.24. The quantitative estimate of drug-likeness (QED) is 0.537. The molecule has 0 radical (unpaired) electrons. The number of carbonyl (C=O) groups excluding carboxylic acids is 1. The van der Waals surface area contributed by atoms with Crippen molar-refractivity contribution in [2.45, 2.75) is 13.5 Å². The van der Waals surface area contributed by atoms with E-state index in [1.54, 1.807) is 36.4 Å². The molecule has 0 unspecified atom stereocenters. The highest BCUT2D eigenvalue weighted by atomic mass is 16.4. The molecule has 1 amide bonds. The first-order valence-electron chi connectivity index (χ1n) is 9.40. The molecule has 0 saturated carbocycles. The summed E-state index contributed by atoms with van der Waals surface area (Å²) < 4.78 is 5.79. The maximum Gasteiger partial charge on any atom is 0.251 e.